The number of pyridine rings is 1. The normalized spacial score (nSPS) is 11.7. The van der Waals surface area contributed by atoms with E-state index in [1.54, 1.807) is 12.4 Å². The Morgan fingerprint density at radius 2 is 1.16 bits per heavy atom. The molecule has 0 saturated carbocycles. The Kier molecular flexibility index (Phi) is 6.93. The molecule has 5 aromatic rings. The van der Waals surface area contributed by atoms with Crippen LogP contribution >= 0.6 is 0 Å². The standard InChI is InChI=1S/C33H25F3N2/c1-22-6-10-25(11-7-22)30-19-27(24-14-16-28(17-15-24)33(34,35)36)20-31(26-12-8-23(2)9-13-26)32(30)38-21-29-5-3-4-18-37-29/h3-21H,1-2H3. The van der Waals surface area contributed by atoms with Gasteiger partial charge in [0.1, 0.15) is 0 Å². The first-order chi connectivity index (χ1) is 18.3. The lowest BCUT2D eigenvalue weighted by atomic mass is 9.90. The molecule has 0 bridgehead atoms. The van der Waals surface area contributed by atoms with Crippen molar-refractivity contribution in [3.05, 3.63) is 132 Å². The third kappa shape index (κ3) is 5.57. The smallest absolute Gasteiger partial charge is 0.255 e. The molecule has 0 aliphatic rings. The van der Waals surface area contributed by atoms with Gasteiger partial charge in [-0.25, -0.2) is 0 Å². The number of benzene rings is 4. The van der Waals surface area contributed by atoms with Crippen LogP contribution in [-0.4, -0.2) is 11.2 Å². The van der Waals surface area contributed by atoms with Crippen LogP contribution in [0.1, 0.15) is 22.4 Å². The SMILES string of the molecule is Cc1ccc(-c2cc(-c3ccc(C(F)(F)F)cc3)cc(-c3ccc(C)cc3)c2N=Cc2ccccn2)cc1. The number of alkyl halides is 3. The summed E-state index contributed by atoms with van der Waals surface area (Å²) in [6.45, 7) is 4.06. The first-order valence-electron chi connectivity index (χ1n) is 12.2. The Morgan fingerprint density at radius 3 is 1.63 bits per heavy atom. The Balaban J connectivity index is 1.76. The van der Waals surface area contributed by atoms with Crippen molar-refractivity contribution >= 4 is 11.9 Å². The number of rotatable bonds is 5. The summed E-state index contributed by atoms with van der Waals surface area (Å²) in [5.74, 6) is 0. The van der Waals surface area contributed by atoms with E-state index < -0.39 is 11.7 Å². The molecule has 4 aromatic carbocycles. The molecule has 5 rings (SSSR count). The van der Waals surface area contributed by atoms with Crippen molar-refractivity contribution in [3.63, 3.8) is 0 Å². The minimum absolute atomic E-state index is 0.671. The van der Waals surface area contributed by atoms with Gasteiger partial charge in [0.05, 0.1) is 23.2 Å². The van der Waals surface area contributed by atoms with E-state index in [1.807, 2.05) is 92.7 Å². The Bertz CT molecular complexity index is 1500. The molecular formula is C33H25F3N2. The number of aliphatic imine (C=N–C) groups is 1. The maximum absolute atomic E-state index is 13.2. The molecule has 0 N–H and O–H groups in total. The lowest BCUT2D eigenvalue weighted by molar-refractivity contribution is -0.137. The molecule has 0 spiro atoms. The van der Waals surface area contributed by atoms with Crippen LogP contribution in [0.25, 0.3) is 33.4 Å². The van der Waals surface area contributed by atoms with Gasteiger partial charge >= 0.3 is 6.18 Å². The van der Waals surface area contributed by atoms with Crippen molar-refractivity contribution in [2.75, 3.05) is 0 Å². The molecule has 0 fully saturated rings. The van der Waals surface area contributed by atoms with E-state index >= 15 is 0 Å². The zero-order valence-corrected chi connectivity index (χ0v) is 21.0. The fourth-order valence-electron chi connectivity index (χ4n) is 4.28. The number of nitrogens with zero attached hydrogens (tertiary/aromatic N) is 2. The third-order valence-electron chi connectivity index (χ3n) is 6.39. The predicted octanol–water partition coefficient (Wildman–Crippen LogP) is 9.47. The highest BCUT2D eigenvalue weighted by molar-refractivity contribution is 5.95. The summed E-state index contributed by atoms with van der Waals surface area (Å²) in [6, 6.07) is 31.3. The lowest BCUT2D eigenvalue weighted by Crippen LogP contribution is -2.04. The Labute approximate surface area is 220 Å². The van der Waals surface area contributed by atoms with Gasteiger partial charge in [0.25, 0.3) is 0 Å². The molecule has 38 heavy (non-hydrogen) atoms. The van der Waals surface area contributed by atoms with E-state index in [0.717, 1.165) is 62.5 Å². The molecule has 0 aliphatic carbocycles. The van der Waals surface area contributed by atoms with Crippen LogP contribution in [0, 0.1) is 13.8 Å². The summed E-state index contributed by atoms with van der Waals surface area (Å²) in [4.78, 5) is 9.29. The maximum atomic E-state index is 13.2. The fraction of sp³-hybridized carbons (Fsp3) is 0.0909. The molecule has 0 amide bonds. The molecule has 1 heterocycles. The quantitative estimate of drug-likeness (QED) is 0.218. The van der Waals surface area contributed by atoms with E-state index in [9.17, 15) is 13.2 Å². The van der Waals surface area contributed by atoms with Crippen LogP contribution in [0.5, 0.6) is 0 Å². The van der Waals surface area contributed by atoms with E-state index in [-0.39, 0.29) is 0 Å². The molecular weight excluding hydrogens is 481 g/mol. The highest BCUT2D eigenvalue weighted by Crippen LogP contribution is 2.43. The topological polar surface area (TPSA) is 25.2 Å². The second-order valence-electron chi connectivity index (χ2n) is 9.24. The van der Waals surface area contributed by atoms with Gasteiger partial charge in [-0.15, -0.1) is 0 Å². The van der Waals surface area contributed by atoms with Crippen molar-refractivity contribution in [1.29, 1.82) is 0 Å². The van der Waals surface area contributed by atoms with Gasteiger partial charge in [-0.05, 0) is 72.5 Å². The average Bonchev–Trinajstić information content (AvgIpc) is 2.93. The fourth-order valence-corrected chi connectivity index (χ4v) is 4.28. The van der Waals surface area contributed by atoms with Gasteiger partial charge in [-0.3, -0.25) is 9.98 Å². The summed E-state index contributed by atoms with van der Waals surface area (Å²) in [7, 11) is 0. The van der Waals surface area contributed by atoms with E-state index in [2.05, 4.69) is 4.98 Å². The van der Waals surface area contributed by atoms with Crippen LogP contribution in [0.3, 0.4) is 0 Å². The molecule has 1 aromatic heterocycles. The van der Waals surface area contributed by atoms with Crippen LogP contribution in [-0.2, 0) is 6.18 Å². The van der Waals surface area contributed by atoms with Crippen LogP contribution in [0.4, 0.5) is 18.9 Å². The first-order valence-corrected chi connectivity index (χ1v) is 12.2. The van der Waals surface area contributed by atoms with Gasteiger partial charge in [-0.2, -0.15) is 13.2 Å². The molecule has 0 aliphatic heterocycles. The zero-order valence-electron chi connectivity index (χ0n) is 21.0. The molecule has 188 valence electrons. The summed E-state index contributed by atoms with van der Waals surface area (Å²) in [6.07, 6.45) is -0.929. The number of hydrogen-bond acceptors (Lipinski definition) is 2. The van der Waals surface area contributed by atoms with E-state index in [1.165, 1.54) is 12.1 Å². The van der Waals surface area contributed by atoms with Gasteiger partial charge in [0.15, 0.2) is 0 Å². The van der Waals surface area contributed by atoms with E-state index in [4.69, 9.17) is 4.99 Å². The second kappa shape index (κ2) is 10.5. The highest BCUT2D eigenvalue weighted by Gasteiger charge is 2.30. The van der Waals surface area contributed by atoms with Crippen molar-refractivity contribution in [2.45, 2.75) is 20.0 Å². The number of hydrogen-bond donors (Lipinski definition) is 0. The van der Waals surface area contributed by atoms with Crippen molar-refractivity contribution in [3.8, 4) is 33.4 Å². The molecule has 0 atom stereocenters. The van der Waals surface area contributed by atoms with Gasteiger partial charge < -0.3 is 0 Å². The Morgan fingerprint density at radius 1 is 0.632 bits per heavy atom. The van der Waals surface area contributed by atoms with Crippen LogP contribution < -0.4 is 0 Å². The average molecular weight is 507 g/mol. The summed E-state index contributed by atoms with van der Waals surface area (Å²) in [5.41, 5.74) is 8.27. The molecule has 5 heteroatoms. The number of aryl methyl sites for hydroxylation is 2. The van der Waals surface area contributed by atoms with E-state index in [0.29, 0.717) is 5.56 Å². The van der Waals surface area contributed by atoms with Crippen molar-refractivity contribution in [1.82, 2.24) is 4.98 Å². The molecule has 0 radical (unpaired) electrons. The van der Waals surface area contributed by atoms with Crippen LogP contribution in [0.15, 0.2) is 114 Å². The van der Waals surface area contributed by atoms with Gasteiger partial charge in [0.2, 0.25) is 0 Å². The minimum Gasteiger partial charge on any atom is -0.255 e. The molecule has 0 unspecified atom stereocenters. The van der Waals surface area contributed by atoms with Crippen LogP contribution in [0.2, 0.25) is 0 Å². The minimum atomic E-state index is -4.39. The number of aromatic nitrogens is 1. The monoisotopic (exact) mass is 506 g/mol. The highest BCUT2D eigenvalue weighted by atomic mass is 19.4. The van der Waals surface area contributed by atoms with Gasteiger partial charge in [-0.1, -0.05) is 77.9 Å². The predicted molar refractivity (Wildman–Crippen MR) is 149 cm³/mol. The molecule has 0 saturated heterocycles. The Hall–Kier alpha value is -4.51. The summed E-state index contributed by atoms with van der Waals surface area (Å²) >= 11 is 0. The van der Waals surface area contributed by atoms with Gasteiger partial charge in [0, 0.05) is 17.3 Å². The number of halogens is 3. The first kappa shape index (κ1) is 25.2. The van der Waals surface area contributed by atoms with Crippen molar-refractivity contribution < 1.29 is 13.2 Å². The summed E-state index contributed by atoms with van der Waals surface area (Å²) in [5, 5.41) is 0. The second-order valence-corrected chi connectivity index (χ2v) is 9.24. The molecule has 2 nitrogen and oxygen atoms in total. The maximum Gasteiger partial charge on any atom is 0.416 e. The van der Waals surface area contributed by atoms with Crippen molar-refractivity contribution in [2.24, 2.45) is 4.99 Å². The largest absolute Gasteiger partial charge is 0.416 e. The lowest BCUT2D eigenvalue weighted by Gasteiger charge is -2.16. The third-order valence-corrected chi connectivity index (χ3v) is 6.39. The zero-order chi connectivity index (χ0) is 26.7. The summed E-state index contributed by atoms with van der Waals surface area (Å²) < 4.78 is 39.6.